The van der Waals surface area contributed by atoms with E-state index in [2.05, 4.69) is 34.9 Å². The maximum absolute atomic E-state index is 12.8. The summed E-state index contributed by atoms with van der Waals surface area (Å²) in [5.41, 5.74) is 3.98. The van der Waals surface area contributed by atoms with E-state index in [0.717, 1.165) is 22.3 Å². The number of hydrogen-bond donors (Lipinski definition) is 3. The molecule has 4 rings (SSSR count). The van der Waals surface area contributed by atoms with Crippen LogP contribution >= 0.6 is 0 Å². The number of rotatable bonds is 7. The first-order valence-corrected chi connectivity index (χ1v) is 11.3. The maximum atomic E-state index is 12.8. The van der Waals surface area contributed by atoms with Crippen molar-refractivity contribution in [3.8, 4) is 11.1 Å². The maximum Gasteiger partial charge on any atom is 0.407 e. The van der Waals surface area contributed by atoms with E-state index in [0.29, 0.717) is 6.42 Å². The molecule has 0 unspecified atom stereocenters. The highest BCUT2D eigenvalue weighted by molar-refractivity contribution is 5.86. The number of hydrogen-bond acceptors (Lipinski definition) is 4. The lowest BCUT2D eigenvalue weighted by Gasteiger charge is -2.30. The summed E-state index contributed by atoms with van der Waals surface area (Å²) in [7, 11) is 0. The highest BCUT2D eigenvalue weighted by atomic mass is 16.5. The van der Waals surface area contributed by atoms with Crippen LogP contribution in [0.4, 0.5) is 4.79 Å². The Morgan fingerprint density at radius 1 is 1.03 bits per heavy atom. The number of carbonyl (C=O) groups excluding carboxylic acids is 2. The summed E-state index contributed by atoms with van der Waals surface area (Å²) in [5, 5.41) is 14.5. The van der Waals surface area contributed by atoms with Crippen molar-refractivity contribution in [2.75, 3.05) is 13.2 Å². The van der Waals surface area contributed by atoms with Crippen LogP contribution in [0.25, 0.3) is 11.1 Å². The largest absolute Gasteiger partial charge is 0.481 e. The molecule has 2 amide bonds. The Balaban J connectivity index is 1.37. The Morgan fingerprint density at radius 3 is 2.12 bits per heavy atom. The lowest BCUT2D eigenvalue weighted by Crippen LogP contribution is -2.54. The zero-order valence-electron chi connectivity index (χ0n) is 19.1. The third-order valence-corrected chi connectivity index (χ3v) is 6.51. The summed E-state index contributed by atoms with van der Waals surface area (Å²) in [6.07, 6.45) is -0.0861. The first-order valence-electron chi connectivity index (χ1n) is 11.3. The van der Waals surface area contributed by atoms with Crippen LogP contribution in [0, 0.1) is 17.3 Å². The average molecular weight is 451 g/mol. The Morgan fingerprint density at radius 2 is 1.61 bits per heavy atom. The van der Waals surface area contributed by atoms with Crippen molar-refractivity contribution >= 4 is 18.0 Å². The molecule has 2 aromatic carbocycles. The fourth-order valence-electron chi connectivity index (χ4n) is 4.54. The van der Waals surface area contributed by atoms with Crippen molar-refractivity contribution in [2.24, 2.45) is 17.3 Å². The van der Waals surface area contributed by atoms with Crippen LogP contribution in [0.2, 0.25) is 0 Å². The molecule has 0 saturated heterocycles. The summed E-state index contributed by atoms with van der Waals surface area (Å²) < 4.78 is 5.59. The average Bonchev–Trinajstić information content (AvgIpc) is 3.49. The van der Waals surface area contributed by atoms with Crippen LogP contribution in [0.3, 0.4) is 0 Å². The van der Waals surface area contributed by atoms with Gasteiger partial charge in [0.25, 0.3) is 0 Å². The first-order chi connectivity index (χ1) is 15.7. The molecular formula is C26H30N2O5. The van der Waals surface area contributed by atoms with Crippen LogP contribution < -0.4 is 10.6 Å². The molecule has 3 N–H and O–H groups in total. The van der Waals surface area contributed by atoms with Crippen LogP contribution in [-0.4, -0.2) is 42.3 Å². The minimum atomic E-state index is -0.835. The molecule has 2 aromatic rings. The molecule has 0 aromatic heterocycles. The van der Waals surface area contributed by atoms with Gasteiger partial charge in [0.2, 0.25) is 5.91 Å². The second kappa shape index (κ2) is 8.89. The molecule has 0 bridgehead atoms. The van der Waals surface area contributed by atoms with Crippen molar-refractivity contribution in [3.05, 3.63) is 59.7 Å². The van der Waals surface area contributed by atoms with Crippen molar-refractivity contribution in [1.82, 2.24) is 10.6 Å². The van der Waals surface area contributed by atoms with Gasteiger partial charge in [-0.3, -0.25) is 9.59 Å². The molecule has 0 aliphatic heterocycles. The van der Waals surface area contributed by atoms with Gasteiger partial charge in [-0.1, -0.05) is 69.3 Å². The number of carboxylic acid groups (broad SMARTS) is 1. The zero-order valence-corrected chi connectivity index (χ0v) is 19.1. The van der Waals surface area contributed by atoms with Gasteiger partial charge in [0.05, 0.1) is 5.92 Å². The number of fused-ring (bicyclic) bond motifs is 3. The molecule has 0 radical (unpaired) electrons. The zero-order chi connectivity index (χ0) is 23.8. The summed E-state index contributed by atoms with van der Waals surface area (Å²) in [6, 6.07) is 15.4. The predicted molar refractivity (Wildman–Crippen MR) is 124 cm³/mol. The summed E-state index contributed by atoms with van der Waals surface area (Å²) >= 11 is 0. The van der Waals surface area contributed by atoms with Crippen LogP contribution in [0.1, 0.15) is 44.2 Å². The van der Waals surface area contributed by atoms with Gasteiger partial charge >= 0.3 is 12.1 Å². The number of carboxylic acids is 1. The van der Waals surface area contributed by atoms with Crippen molar-refractivity contribution in [3.63, 3.8) is 0 Å². The number of nitrogens with one attached hydrogen (secondary N) is 2. The number of alkyl carbamates (subject to hydrolysis) is 1. The van der Waals surface area contributed by atoms with E-state index < -0.39 is 29.4 Å². The van der Waals surface area contributed by atoms with Gasteiger partial charge in [-0.2, -0.15) is 0 Å². The second-order valence-corrected chi connectivity index (χ2v) is 9.95. The van der Waals surface area contributed by atoms with E-state index in [-0.39, 0.29) is 30.9 Å². The third kappa shape index (κ3) is 4.87. The van der Waals surface area contributed by atoms with E-state index >= 15 is 0 Å². The van der Waals surface area contributed by atoms with E-state index in [4.69, 9.17) is 9.84 Å². The molecular weight excluding hydrogens is 420 g/mol. The van der Waals surface area contributed by atoms with Gasteiger partial charge in [0.1, 0.15) is 12.6 Å². The van der Waals surface area contributed by atoms with Gasteiger partial charge in [-0.15, -0.1) is 0 Å². The second-order valence-electron chi connectivity index (χ2n) is 9.95. The highest BCUT2D eigenvalue weighted by Gasteiger charge is 2.44. The number of benzene rings is 2. The molecule has 3 atom stereocenters. The smallest absolute Gasteiger partial charge is 0.407 e. The summed E-state index contributed by atoms with van der Waals surface area (Å²) in [4.78, 5) is 36.5. The summed E-state index contributed by atoms with van der Waals surface area (Å²) in [5.74, 6) is -1.69. The molecule has 0 heterocycles. The Kier molecular flexibility index (Phi) is 6.15. The van der Waals surface area contributed by atoms with Crippen LogP contribution in [0.15, 0.2) is 48.5 Å². The van der Waals surface area contributed by atoms with E-state index in [9.17, 15) is 14.4 Å². The molecule has 7 nitrogen and oxygen atoms in total. The SMILES string of the molecule is CC(C)(C)[C@H](NC(=O)OCC1c2ccccc2-c2ccccc21)C(=O)NC[C@H]1C[C@H]1C(=O)O. The first kappa shape index (κ1) is 22.8. The Bertz CT molecular complexity index is 1030. The van der Waals surface area contributed by atoms with Gasteiger partial charge in [0, 0.05) is 12.5 Å². The molecule has 174 valence electrons. The monoisotopic (exact) mass is 450 g/mol. The van der Waals surface area contributed by atoms with E-state index in [1.54, 1.807) is 0 Å². The minimum absolute atomic E-state index is 0.0541. The lowest BCUT2D eigenvalue weighted by molar-refractivity contribution is -0.139. The third-order valence-electron chi connectivity index (χ3n) is 6.51. The highest BCUT2D eigenvalue weighted by Crippen LogP contribution is 2.44. The topological polar surface area (TPSA) is 105 Å². The quantitative estimate of drug-likeness (QED) is 0.596. The van der Waals surface area contributed by atoms with Gasteiger partial charge in [-0.05, 0) is 40.0 Å². The molecule has 1 fully saturated rings. The Hall–Kier alpha value is -3.35. The van der Waals surface area contributed by atoms with Gasteiger partial charge in [-0.25, -0.2) is 4.79 Å². The van der Waals surface area contributed by atoms with Gasteiger partial charge < -0.3 is 20.5 Å². The minimum Gasteiger partial charge on any atom is -0.481 e. The van der Waals surface area contributed by atoms with Crippen molar-refractivity contribution < 1.29 is 24.2 Å². The molecule has 0 spiro atoms. The standard InChI is InChI=1S/C26H30N2O5/c1-26(2,3)22(23(29)27-13-15-12-20(15)24(30)31)28-25(32)33-14-21-18-10-6-4-8-16(18)17-9-5-7-11-19(17)21/h4-11,15,20-22H,12-14H2,1-3H3,(H,27,29)(H,28,32)(H,30,31)/t15-,20-,22-/m1/s1. The fourth-order valence-corrected chi connectivity index (χ4v) is 4.54. The lowest BCUT2D eigenvalue weighted by atomic mass is 9.86. The molecule has 1 saturated carbocycles. The fraction of sp³-hybridized carbons (Fsp3) is 0.423. The normalized spacial score (nSPS) is 19.7. The number of amides is 2. The molecule has 2 aliphatic carbocycles. The number of ether oxygens (including phenoxy) is 1. The van der Waals surface area contributed by atoms with E-state index in [1.807, 2.05) is 45.0 Å². The number of carbonyl (C=O) groups is 3. The summed E-state index contributed by atoms with van der Waals surface area (Å²) in [6.45, 7) is 6.03. The van der Waals surface area contributed by atoms with Crippen molar-refractivity contribution in [2.45, 2.75) is 39.2 Å². The van der Waals surface area contributed by atoms with Gasteiger partial charge in [0.15, 0.2) is 0 Å². The van der Waals surface area contributed by atoms with Crippen LogP contribution in [0.5, 0.6) is 0 Å². The van der Waals surface area contributed by atoms with E-state index in [1.165, 1.54) is 0 Å². The molecule has 7 heteroatoms. The van der Waals surface area contributed by atoms with Crippen LogP contribution in [-0.2, 0) is 14.3 Å². The molecule has 2 aliphatic rings. The Labute approximate surface area is 193 Å². The van der Waals surface area contributed by atoms with Crippen molar-refractivity contribution in [1.29, 1.82) is 0 Å². The number of aliphatic carboxylic acids is 1. The predicted octanol–water partition coefficient (Wildman–Crippen LogP) is 3.78. The molecule has 33 heavy (non-hydrogen) atoms.